The summed E-state index contributed by atoms with van der Waals surface area (Å²) in [7, 11) is 0. The summed E-state index contributed by atoms with van der Waals surface area (Å²) < 4.78 is 18.8. The third-order valence-electron chi connectivity index (χ3n) is 2.95. The van der Waals surface area contributed by atoms with Gasteiger partial charge in [-0.3, -0.25) is 0 Å². The first-order valence-electron chi connectivity index (χ1n) is 5.88. The lowest BCUT2D eigenvalue weighted by Gasteiger charge is -2.14. The molecule has 1 aromatic carbocycles. The lowest BCUT2D eigenvalue weighted by Crippen LogP contribution is -2.16. The molecule has 0 bridgehead atoms. The Balaban J connectivity index is 2.19. The largest absolute Gasteiger partial charge is 0.475 e. The Morgan fingerprint density at radius 3 is 2.63 bits per heavy atom. The standard InChI is InChI=1S/C14H14FNO3/c15-12-4-2-1-3-11(12)9(8-16)7-10-5-6-13(19-10)14(17)18/h1-6,9H,7-8,16H2,(H,17,18). The number of benzene rings is 1. The number of furan rings is 1. The average Bonchev–Trinajstić information content (AvgIpc) is 2.86. The second-order valence-electron chi connectivity index (χ2n) is 4.23. The number of carboxylic acids is 1. The van der Waals surface area contributed by atoms with Crippen molar-refractivity contribution in [2.45, 2.75) is 12.3 Å². The summed E-state index contributed by atoms with van der Waals surface area (Å²) in [5.74, 6) is -1.33. The van der Waals surface area contributed by atoms with Crippen LogP contribution in [0.5, 0.6) is 0 Å². The minimum atomic E-state index is -1.12. The summed E-state index contributed by atoms with van der Waals surface area (Å²) in [6.45, 7) is 0.254. The van der Waals surface area contributed by atoms with Gasteiger partial charge in [0.05, 0.1) is 0 Å². The van der Waals surface area contributed by atoms with E-state index in [1.807, 2.05) is 0 Å². The molecule has 1 unspecified atom stereocenters. The molecular weight excluding hydrogens is 249 g/mol. The number of carbonyl (C=O) groups is 1. The van der Waals surface area contributed by atoms with Gasteiger partial charge in [-0.05, 0) is 30.3 Å². The van der Waals surface area contributed by atoms with E-state index < -0.39 is 5.97 Å². The van der Waals surface area contributed by atoms with Gasteiger partial charge in [-0.1, -0.05) is 18.2 Å². The number of hydrogen-bond acceptors (Lipinski definition) is 3. The summed E-state index contributed by atoms with van der Waals surface area (Å²) in [4.78, 5) is 10.7. The lowest BCUT2D eigenvalue weighted by molar-refractivity contribution is 0.0660. The molecular formula is C14H14FNO3. The number of carboxylic acid groups (broad SMARTS) is 1. The van der Waals surface area contributed by atoms with Gasteiger partial charge >= 0.3 is 5.97 Å². The molecule has 100 valence electrons. The van der Waals surface area contributed by atoms with Crippen LogP contribution in [0.3, 0.4) is 0 Å². The quantitative estimate of drug-likeness (QED) is 0.868. The van der Waals surface area contributed by atoms with Crippen molar-refractivity contribution in [1.29, 1.82) is 0 Å². The summed E-state index contributed by atoms with van der Waals surface area (Å²) in [6.07, 6.45) is 0.366. The number of nitrogens with two attached hydrogens (primary N) is 1. The Bertz CT molecular complexity index is 580. The average molecular weight is 263 g/mol. The molecule has 1 aromatic heterocycles. The number of rotatable bonds is 5. The molecule has 0 aliphatic rings. The molecule has 1 atom stereocenters. The monoisotopic (exact) mass is 263 g/mol. The maximum atomic E-state index is 13.7. The van der Waals surface area contributed by atoms with E-state index in [-0.39, 0.29) is 24.0 Å². The van der Waals surface area contributed by atoms with Crippen molar-refractivity contribution in [2.24, 2.45) is 5.73 Å². The van der Waals surface area contributed by atoms with Crippen LogP contribution < -0.4 is 5.73 Å². The molecule has 0 aliphatic heterocycles. The fraction of sp³-hybridized carbons (Fsp3) is 0.214. The molecule has 0 fully saturated rings. The van der Waals surface area contributed by atoms with E-state index in [0.717, 1.165) is 0 Å². The van der Waals surface area contributed by atoms with E-state index in [0.29, 0.717) is 17.7 Å². The topological polar surface area (TPSA) is 76.5 Å². The SMILES string of the molecule is NCC(Cc1ccc(C(=O)O)o1)c1ccccc1F. The van der Waals surface area contributed by atoms with Crippen LogP contribution in [-0.2, 0) is 6.42 Å². The summed E-state index contributed by atoms with van der Waals surface area (Å²) in [6, 6.07) is 9.37. The number of hydrogen-bond donors (Lipinski definition) is 2. The van der Waals surface area contributed by atoms with Gasteiger partial charge in [0.1, 0.15) is 11.6 Å². The third-order valence-corrected chi connectivity index (χ3v) is 2.95. The zero-order valence-corrected chi connectivity index (χ0v) is 10.2. The van der Waals surface area contributed by atoms with Gasteiger partial charge < -0.3 is 15.3 Å². The Morgan fingerprint density at radius 2 is 2.05 bits per heavy atom. The van der Waals surface area contributed by atoms with Crippen molar-refractivity contribution in [3.05, 3.63) is 59.3 Å². The fourth-order valence-corrected chi connectivity index (χ4v) is 1.97. The van der Waals surface area contributed by atoms with E-state index in [9.17, 15) is 9.18 Å². The molecule has 0 saturated heterocycles. The van der Waals surface area contributed by atoms with Crippen LogP contribution in [0.2, 0.25) is 0 Å². The van der Waals surface area contributed by atoms with Crippen molar-refractivity contribution >= 4 is 5.97 Å². The molecule has 0 spiro atoms. The van der Waals surface area contributed by atoms with Gasteiger partial charge in [-0.25, -0.2) is 9.18 Å². The maximum absolute atomic E-state index is 13.7. The van der Waals surface area contributed by atoms with Crippen LogP contribution in [0.15, 0.2) is 40.8 Å². The van der Waals surface area contributed by atoms with Crippen LogP contribution in [0.1, 0.15) is 27.8 Å². The highest BCUT2D eigenvalue weighted by Gasteiger charge is 2.17. The highest BCUT2D eigenvalue weighted by molar-refractivity contribution is 5.84. The first-order chi connectivity index (χ1) is 9.11. The zero-order chi connectivity index (χ0) is 13.8. The minimum Gasteiger partial charge on any atom is -0.475 e. The zero-order valence-electron chi connectivity index (χ0n) is 10.2. The van der Waals surface area contributed by atoms with Crippen LogP contribution in [0.4, 0.5) is 4.39 Å². The normalized spacial score (nSPS) is 12.3. The van der Waals surface area contributed by atoms with Crippen LogP contribution in [0, 0.1) is 5.82 Å². The van der Waals surface area contributed by atoms with Gasteiger partial charge in [0.25, 0.3) is 0 Å². The first-order valence-corrected chi connectivity index (χ1v) is 5.88. The smallest absolute Gasteiger partial charge is 0.371 e. The third kappa shape index (κ3) is 3.00. The van der Waals surface area contributed by atoms with E-state index in [1.165, 1.54) is 12.1 Å². The number of halogens is 1. The predicted molar refractivity (Wildman–Crippen MR) is 67.6 cm³/mol. The Morgan fingerprint density at radius 1 is 1.32 bits per heavy atom. The van der Waals surface area contributed by atoms with E-state index in [1.54, 1.807) is 24.3 Å². The van der Waals surface area contributed by atoms with Crippen molar-refractivity contribution in [1.82, 2.24) is 0 Å². The van der Waals surface area contributed by atoms with Gasteiger partial charge in [-0.2, -0.15) is 0 Å². The first kappa shape index (κ1) is 13.3. The van der Waals surface area contributed by atoms with E-state index >= 15 is 0 Å². The fourth-order valence-electron chi connectivity index (χ4n) is 1.97. The summed E-state index contributed by atoms with van der Waals surface area (Å²) in [5, 5.41) is 8.77. The van der Waals surface area contributed by atoms with Crippen molar-refractivity contribution in [3.8, 4) is 0 Å². The van der Waals surface area contributed by atoms with E-state index in [4.69, 9.17) is 15.3 Å². The highest BCUT2D eigenvalue weighted by atomic mass is 19.1. The molecule has 2 aromatic rings. The van der Waals surface area contributed by atoms with Crippen molar-refractivity contribution in [3.63, 3.8) is 0 Å². The van der Waals surface area contributed by atoms with Crippen LogP contribution >= 0.6 is 0 Å². The van der Waals surface area contributed by atoms with Gasteiger partial charge in [-0.15, -0.1) is 0 Å². The van der Waals surface area contributed by atoms with Gasteiger partial charge in [0.2, 0.25) is 5.76 Å². The second kappa shape index (κ2) is 5.67. The van der Waals surface area contributed by atoms with E-state index in [2.05, 4.69) is 0 Å². The van der Waals surface area contributed by atoms with Gasteiger partial charge in [0, 0.05) is 12.3 Å². The number of aromatic carboxylic acids is 1. The molecule has 19 heavy (non-hydrogen) atoms. The molecule has 0 saturated carbocycles. The molecule has 2 rings (SSSR count). The molecule has 0 aliphatic carbocycles. The molecule has 0 radical (unpaired) electrons. The van der Waals surface area contributed by atoms with Crippen molar-refractivity contribution in [2.75, 3.05) is 6.54 Å². The molecule has 3 N–H and O–H groups in total. The summed E-state index contributed by atoms with van der Waals surface area (Å²) >= 11 is 0. The Kier molecular flexibility index (Phi) is 3.97. The Labute approximate surface area is 109 Å². The second-order valence-corrected chi connectivity index (χ2v) is 4.23. The minimum absolute atomic E-state index is 0.126. The highest BCUT2D eigenvalue weighted by Crippen LogP contribution is 2.23. The van der Waals surface area contributed by atoms with Gasteiger partial charge in [0.15, 0.2) is 0 Å². The van der Waals surface area contributed by atoms with Crippen molar-refractivity contribution < 1.29 is 18.7 Å². The molecule has 4 nitrogen and oxygen atoms in total. The molecule has 5 heteroatoms. The maximum Gasteiger partial charge on any atom is 0.371 e. The summed E-state index contributed by atoms with van der Waals surface area (Å²) in [5.41, 5.74) is 6.18. The van der Waals surface area contributed by atoms with Crippen LogP contribution in [-0.4, -0.2) is 17.6 Å². The van der Waals surface area contributed by atoms with Crippen LogP contribution in [0.25, 0.3) is 0 Å². The predicted octanol–water partition coefficient (Wildman–Crippen LogP) is 2.40. The molecule has 0 amide bonds. The Hall–Kier alpha value is -2.14. The lowest BCUT2D eigenvalue weighted by atomic mass is 9.94. The molecule has 1 heterocycles.